The van der Waals surface area contributed by atoms with Crippen LogP contribution >= 0.6 is 0 Å². The van der Waals surface area contributed by atoms with Crippen LogP contribution in [-0.2, 0) is 13.3 Å². The maximum Gasteiger partial charge on any atom is 0.278 e. The van der Waals surface area contributed by atoms with E-state index >= 15 is 0 Å². The van der Waals surface area contributed by atoms with E-state index in [1.165, 1.54) is 6.20 Å². The summed E-state index contributed by atoms with van der Waals surface area (Å²) in [4.78, 5) is 23.5. The number of carbonyl (C=O) groups is 1. The van der Waals surface area contributed by atoms with Gasteiger partial charge in [0.25, 0.3) is 11.5 Å². The van der Waals surface area contributed by atoms with Gasteiger partial charge in [0, 0.05) is 13.1 Å². The fourth-order valence-electron chi connectivity index (χ4n) is 2.09. The highest BCUT2D eigenvalue weighted by molar-refractivity contribution is 5.99. The highest BCUT2D eigenvalue weighted by Crippen LogP contribution is 2.17. The summed E-state index contributed by atoms with van der Waals surface area (Å²) in [5.74, 6) is -0.192. The number of nitrogens with zero attached hydrogens (tertiary/aromatic N) is 3. The number of amides is 1. The first-order chi connectivity index (χ1) is 8.22. The lowest BCUT2D eigenvalue weighted by Crippen LogP contribution is -2.34. The molecule has 1 aliphatic rings. The molecule has 7 nitrogen and oxygen atoms in total. The number of aliphatic hydroxyl groups excluding tert-OH is 1. The summed E-state index contributed by atoms with van der Waals surface area (Å²) in [6, 6.07) is 1.54. The zero-order valence-electron chi connectivity index (χ0n) is 8.88. The Morgan fingerprint density at radius 1 is 1.47 bits per heavy atom. The number of rotatable bonds is 1. The average molecular weight is 234 g/mol. The van der Waals surface area contributed by atoms with Gasteiger partial charge >= 0.3 is 0 Å². The van der Waals surface area contributed by atoms with Gasteiger partial charge < -0.3 is 15.0 Å². The summed E-state index contributed by atoms with van der Waals surface area (Å²) in [5, 5.41) is 15.9. The standard InChI is InChI=1S/C10H10N4O3/c15-5-14-10(17)6-3-7-9(16)11-1-2-13(7)8(6)4-12-14/h3-4,15H,1-2,5H2,(H,11,16). The molecule has 3 rings (SSSR count). The van der Waals surface area contributed by atoms with Crippen molar-refractivity contribution in [1.82, 2.24) is 19.7 Å². The van der Waals surface area contributed by atoms with Gasteiger partial charge in [-0.05, 0) is 6.07 Å². The molecule has 17 heavy (non-hydrogen) atoms. The van der Waals surface area contributed by atoms with E-state index < -0.39 is 6.73 Å². The Balaban J connectivity index is 2.38. The van der Waals surface area contributed by atoms with Gasteiger partial charge in [-0.3, -0.25) is 9.59 Å². The number of aliphatic hydroxyl groups is 1. The molecule has 1 aliphatic heterocycles. The SMILES string of the molecule is O=C1NCCn2c1cc1c(=O)n(CO)ncc12. The molecule has 0 radical (unpaired) electrons. The molecule has 3 heterocycles. The molecule has 0 aromatic carbocycles. The van der Waals surface area contributed by atoms with Gasteiger partial charge in [-0.15, -0.1) is 0 Å². The second kappa shape index (κ2) is 3.42. The largest absolute Gasteiger partial charge is 0.374 e. The second-order valence-corrected chi connectivity index (χ2v) is 3.83. The topological polar surface area (TPSA) is 89.2 Å². The van der Waals surface area contributed by atoms with Crippen molar-refractivity contribution in [3.05, 3.63) is 28.3 Å². The monoisotopic (exact) mass is 234 g/mol. The van der Waals surface area contributed by atoms with E-state index in [4.69, 9.17) is 5.11 Å². The molecule has 1 amide bonds. The molecule has 0 atom stereocenters. The minimum Gasteiger partial charge on any atom is -0.374 e. The van der Waals surface area contributed by atoms with Crippen molar-refractivity contribution in [2.45, 2.75) is 13.3 Å². The fourth-order valence-corrected chi connectivity index (χ4v) is 2.09. The first kappa shape index (κ1) is 10.0. The molecule has 2 aromatic heterocycles. The zero-order valence-corrected chi connectivity index (χ0v) is 8.88. The summed E-state index contributed by atoms with van der Waals surface area (Å²) < 4.78 is 2.72. The lowest BCUT2D eigenvalue weighted by molar-refractivity contribution is 0.0929. The predicted octanol–water partition coefficient (Wildman–Crippen LogP) is -1.11. The molecule has 0 spiro atoms. The van der Waals surface area contributed by atoms with Crippen molar-refractivity contribution in [2.24, 2.45) is 0 Å². The van der Waals surface area contributed by atoms with E-state index in [1.54, 1.807) is 10.6 Å². The van der Waals surface area contributed by atoms with Crippen LogP contribution < -0.4 is 10.9 Å². The van der Waals surface area contributed by atoms with Crippen molar-refractivity contribution in [1.29, 1.82) is 0 Å². The molecule has 2 N–H and O–H groups in total. The van der Waals surface area contributed by atoms with Crippen LogP contribution in [-0.4, -0.2) is 31.9 Å². The number of carbonyl (C=O) groups excluding carboxylic acids is 1. The lowest BCUT2D eigenvalue weighted by Gasteiger charge is -2.16. The average Bonchev–Trinajstić information content (AvgIpc) is 2.71. The van der Waals surface area contributed by atoms with Gasteiger partial charge in [-0.25, -0.2) is 4.68 Å². The normalized spacial score (nSPS) is 14.8. The molecule has 0 saturated heterocycles. The number of hydrogen-bond donors (Lipinski definition) is 2. The van der Waals surface area contributed by atoms with E-state index in [2.05, 4.69) is 10.4 Å². The molecule has 7 heteroatoms. The molecule has 88 valence electrons. The van der Waals surface area contributed by atoms with Gasteiger partial charge in [0.05, 0.1) is 17.1 Å². The smallest absolute Gasteiger partial charge is 0.278 e. The molecule has 0 aliphatic carbocycles. The highest BCUT2D eigenvalue weighted by atomic mass is 16.3. The summed E-state index contributed by atoms with van der Waals surface area (Å²) in [5.41, 5.74) is 0.699. The number of fused-ring (bicyclic) bond motifs is 3. The number of aromatic nitrogens is 3. The Bertz CT molecular complexity index is 670. The van der Waals surface area contributed by atoms with Crippen LogP contribution in [0, 0.1) is 0 Å². The summed E-state index contributed by atoms with van der Waals surface area (Å²) in [6.45, 7) is 0.689. The Kier molecular flexibility index (Phi) is 2.02. The first-order valence-electron chi connectivity index (χ1n) is 5.21. The van der Waals surface area contributed by atoms with Crippen LogP contribution in [0.2, 0.25) is 0 Å². The third kappa shape index (κ3) is 1.29. The Labute approximate surface area is 95.3 Å². The van der Waals surface area contributed by atoms with Crippen molar-refractivity contribution >= 4 is 16.8 Å². The lowest BCUT2D eigenvalue weighted by atomic mass is 10.3. The van der Waals surface area contributed by atoms with Crippen molar-refractivity contribution in [3.63, 3.8) is 0 Å². The van der Waals surface area contributed by atoms with Crippen molar-refractivity contribution in [2.75, 3.05) is 6.54 Å². The molecule has 0 fully saturated rings. The van der Waals surface area contributed by atoms with Crippen molar-refractivity contribution < 1.29 is 9.90 Å². The molecular weight excluding hydrogens is 224 g/mol. The van der Waals surface area contributed by atoms with E-state index in [0.29, 0.717) is 29.7 Å². The Morgan fingerprint density at radius 3 is 3.06 bits per heavy atom. The van der Waals surface area contributed by atoms with E-state index in [-0.39, 0.29) is 11.5 Å². The highest BCUT2D eigenvalue weighted by Gasteiger charge is 2.21. The van der Waals surface area contributed by atoms with Gasteiger partial charge in [-0.2, -0.15) is 5.10 Å². The van der Waals surface area contributed by atoms with Crippen LogP contribution in [0.1, 0.15) is 10.5 Å². The number of nitrogens with one attached hydrogen (secondary N) is 1. The van der Waals surface area contributed by atoms with Gasteiger partial charge in [0.1, 0.15) is 12.4 Å². The summed E-state index contributed by atoms with van der Waals surface area (Å²) in [6.07, 6.45) is 1.50. The molecule has 0 bridgehead atoms. The van der Waals surface area contributed by atoms with Crippen LogP contribution in [0.15, 0.2) is 17.1 Å². The maximum atomic E-state index is 11.9. The zero-order chi connectivity index (χ0) is 12.0. The van der Waals surface area contributed by atoms with Gasteiger partial charge in [-0.1, -0.05) is 0 Å². The van der Waals surface area contributed by atoms with Crippen LogP contribution in [0.3, 0.4) is 0 Å². The van der Waals surface area contributed by atoms with Crippen LogP contribution in [0.5, 0.6) is 0 Å². The fraction of sp³-hybridized carbons (Fsp3) is 0.300. The maximum absolute atomic E-state index is 11.9. The first-order valence-corrected chi connectivity index (χ1v) is 5.21. The predicted molar refractivity (Wildman–Crippen MR) is 58.5 cm³/mol. The summed E-state index contributed by atoms with van der Waals surface area (Å²) >= 11 is 0. The molecule has 0 saturated carbocycles. The van der Waals surface area contributed by atoms with E-state index in [0.717, 1.165) is 4.68 Å². The van der Waals surface area contributed by atoms with E-state index in [1.807, 2.05) is 0 Å². The molecule has 2 aromatic rings. The van der Waals surface area contributed by atoms with Gasteiger partial charge in [0.2, 0.25) is 0 Å². The Hall–Kier alpha value is -2.15. The van der Waals surface area contributed by atoms with Crippen LogP contribution in [0.25, 0.3) is 10.9 Å². The molecule has 0 unspecified atom stereocenters. The van der Waals surface area contributed by atoms with Crippen molar-refractivity contribution in [3.8, 4) is 0 Å². The number of hydrogen-bond acceptors (Lipinski definition) is 4. The van der Waals surface area contributed by atoms with Crippen LogP contribution in [0.4, 0.5) is 0 Å². The van der Waals surface area contributed by atoms with Gasteiger partial charge in [0.15, 0.2) is 0 Å². The van der Waals surface area contributed by atoms with E-state index in [9.17, 15) is 9.59 Å². The molecular formula is C10H10N4O3. The quantitative estimate of drug-likeness (QED) is 0.655. The second-order valence-electron chi connectivity index (χ2n) is 3.83. The third-order valence-electron chi connectivity index (χ3n) is 2.91. The minimum absolute atomic E-state index is 0.192. The Morgan fingerprint density at radius 2 is 2.29 bits per heavy atom. The summed E-state index contributed by atoms with van der Waals surface area (Å²) in [7, 11) is 0. The third-order valence-corrected chi connectivity index (χ3v) is 2.91. The minimum atomic E-state index is -0.471.